The molecule has 24 heavy (non-hydrogen) atoms. The SMILES string of the molecule is CN(C)Cc1cc(-c2ccccc2F)nn1CCNC(=O)C1CC1. The second kappa shape index (κ2) is 7.13. The largest absolute Gasteiger partial charge is 0.354 e. The van der Waals surface area contributed by atoms with E-state index in [1.165, 1.54) is 6.07 Å². The van der Waals surface area contributed by atoms with Crippen LogP contribution in [0.5, 0.6) is 0 Å². The molecule has 1 amide bonds. The van der Waals surface area contributed by atoms with Crippen LogP contribution in [0.4, 0.5) is 4.39 Å². The standard InChI is InChI=1S/C18H23FN4O/c1-22(2)12-14-11-17(15-5-3-4-6-16(15)19)21-23(14)10-9-20-18(24)13-7-8-13/h3-6,11,13H,7-10,12H2,1-2H3,(H,20,24). The molecule has 1 aromatic heterocycles. The number of rotatable bonds is 7. The van der Waals surface area contributed by atoms with E-state index in [9.17, 15) is 9.18 Å². The first kappa shape index (κ1) is 16.6. The molecule has 1 aliphatic rings. The zero-order valence-electron chi connectivity index (χ0n) is 14.1. The molecule has 5 nitrogen and oxygen atoms in total. The molecule has 3 rings (SSSR count). The van der Waals surface area contributed by atoms with Crippen LogP contribution < -0.4 is 5.32 Å². The predicted octanol–water partition coefficient (Wildman–Crippen LogP) is 2.28. The Kier molecular flexibility index (Phi) is 4.94. The summed E-state index contributed by atoms with van der Waals surface area (Å²) in [5, 5.41) is 7.50. The normalized spacial score (nSPS) is 14.2. The van der Waals surface area contributed by atoms with Crippen molar-refractivity contribution in [2.45, 2.75) is 25.9 Å². The van der Waals surface area contributed by atoms with Gasteiger partial charge in [0.05, 0.1) is 17.9 Å². The Bertz CT molecular complexity index is 722. The lowest BCUT2D eigenvalue weighted by Crippen LogP contribution is -2.29. The number of amides is 1. The minimum atomic E-state index is -0.277. The number of nitrogens with one attached hydrogen (secondary N) is 1. The van der Waals surface area contributed by atoms with E-state index in [4.69, 9.17) is 0 Å². The molecule has 1 heterocycles. The van der Waals surface area contributed by atoms with Crippen molar-refractivity contribution < 1.29 is 9.18 Å². The summed E-state index contributed by atoms with van der Waals surface area (Å²) in [5.41, 5.74) is 2.12. The molecule has 1 aromatic carbocycles. The topological polar surface area (TPSA) is 50.2 Å². The fourth-order valence-electron chi connectivity index (χ4n) is 2.68. The summed E-state index contributed by atoms with van der Waals surface area (Å²) in [7, 11) is 3.96. The Morgan fingerprint density at radius 2 is 2.12 bits per heavy atom. The highest BCUT2D eigenvalue weighted by atomic mass is 19.1. The van der Waals surface area contributed by atoms with E-state index in [0.717, 1.165) is 18.5 Å². The molecule has 1 N–H and O–H groups in total. The number of halogens is 1. The summed E-state index contributed by atoms with van der Waals surface area (Å²) in [6, 6.07) is 8.57. The van der Waals surface area contributed by atoms with Gasteiger partial charge in [0.15, 0.2) is 0 Å². The third-order valence-electron chi connectivity index (χ3n) is 4.06. The molecular formula is C18H23FN4O. The number of aromatic nitrogens is 2. The second-order valence-corrected chi connectivity index (χ2v) is 6.53. The average Bonchev–Trinajstić information content (AvgIpc) is 3.31. The second-order valence-electron chi connectivity index (χ2n) is 6.53. The first-order valence-corrected chi connectivity index (χ1v) is 8.28. The monoisotopic (exact) mass is 330 g/mol. The third-order valence-corrected chi connectivity index (χ3v) is 4.06. The minimum Gasteiger partial charge on any atom is -0.354 e. The highest BCUT2D eigenvalue weighted by molar-refractivity contribution is 5.80. The van der Waals surface area contributed by atoms with E-state index < -0.39 is 0 Å². The van der Waals surface area contributed by atoms with Crippen LogP contribution in [0.1, 0.15) is 18.5 Å². The summed E-state index contributed by atoms with van der Waals surface area (Å²) >= 11 is 0. The molecule has 0 atom stereocenters. The van der Waals surface area contributed by atoms with Crippen LogP contribution in [0.25, 0.3) is 11.3 Å². The smallest absolute Gasteiger partial charge is 0.223 e. The molecule has 0 saturated heterocycles. The van der Waals surface area contributed by atoms with Gasteiger partial charge in [-0.05, 0) is 45.1 Å². The van der Waals surface area contributed by atoms with E-state index >= 15 is 0 Å². The number of hydrogen-bond donors (Lipinski definition) is 1. The van der Waals surface area contributed by atoms with Crippen LogP contribution in [-0.4, -0.2) is 41.2 Å². The van der Waals surface area contributed by atoms with Crippen molar-refractivity contribution in [2.75, 3.05) is 20.6 Å². The van der Waals surface area contributed by atoms with E-state index in [-0.39, 0.29) is 17.6 Å². The van der Waals surface area contributed by atoms with Gasteiger partial charge in [0.1, 0.15) is 5.82 Å². The van der Waals surface area contributed by atoms with Crippen molar-refractivity contribution in [2.24, 2.45) is 5.92 Å². The van der Waals surface area contributed by atoms with Crippen LogP contribution in [0, 0.1) is 11.7 Å². The maximum absolute atomic E-state index is 14.0. The maximum Gasteiger partial charge on any atom is 0.223 e. The number of hydrogen-bond acceptors (Lipinski definition) is 3. The molecule has 2 aromatic rings. The van der Waals surface area contributed by atoms with Gasteiger partial charge in [0.25, 0.3) is 0 Å². The number of carbonyl (C=O) groups is 1. The molecule has 0 unspecified atom stereocenters. The molecule has 1 saturated carbocycles. The predicted molar refractivity (Wildman–Crippen MR) is 90.7 cm³/mol. The van der Waals surface area contributed by atoms with E-state index in [0.29, 0.717) is 30.9 Å². The number of benzene rings is 1. The lowest BCUT2D eigenvalue weighted by Gasteiger charge is -2.12. The summed E-state index contributed by atoms with van der Waals surface area (Å²) in [6.45, 7) is 1.82. The van der Waals surface area contributed by atoms with Crippen molar-refractivity contribution >= 4 is 5.91 Å². The van der Waals surface area contributed by atoms with Gasteiger partial charge in [-0.15, -0.1) is 0 Å². The number of carbonyl (C=O) groups excluding carboxylic acids is 1. The van der Waals surface area contributed by atoms with Gasteiger partial charge in [-0.3, -0.25) is 9.48 Å². The van der Waals surface area contributed by atoms with E-state index in [1.807, 2.05) is 29.7 Å². The average molecular weight is 330 g/mol. The van der Waals surface area contributed by atoms with Gasteiger partial charge >= 0.3 is 0 Å². The highest BCUT2D eigenvalue weighted by Gasteiger charge is 2.29. The van der Waals surface area contributed by atoms with Crippen molar-refractivity contribution in [1.82, 2.24) is 20.0 Å². The van der Waals surface area contributed by atoms with E-state index in [1.54, 1.807) is 18.2 Å². The Hall–Kier alpha value is -2.21. The molecule has 1 fully saturated rings. The highest BCUT2D eigenvalue weighted by Crippen LogP contribution is 2.28. The van der Waals surface area contributed by atoms with Gasteiger partial charge in [-0.25, -0.2) is 4.39 Å². The van der Waals surface area contributed by atoms with E-state index in [2.05, 4.69) is 10.4 Å². The van der Waals surface area contributed by atoms with Gasteiger partial charge in [0, 0.05) is 24.6 Å². The maximum atomic E-state index is 14.0. The summed E-state index contributed by atoms with van der Waals surface area (Å²) in [4.78, 5) is 13.8. The fourth-order valence-corrected chi connectivity index (χ4v) is 2.68. The van der Waals surface area contributed by atoms with Crippen molar-refractivity contribution in [3.05, 3.63) is 41.8 Å². The van der Waals surface area contributed by atoms with Crippen LogP contribution in [0.3, 0.4) is 0 Å². The van der Waals surface area contributed by atoms with Gasteiger partial charge in [-0.2, -0.15) is 5.10 Å². The Morgan fingerprint density at radius 3 is 2.79 bits per heavy atom. The van der Waals surface area contributed by atoms with Crippen LogP contribution >= 0.6 is 0 Å². The molecular weight excluding hydrogens is 307 g/mol. The summed E-state index contributed by atoms with van der Waals surface area (Å²) < 4.78 is 15.9. The Balaban J connectivity index is 1.75. The van der Waals surface area contributed by atoms with Crippen molar-refractivity contribution in [3.8, 4) is 11.3 Å². The fraction of sp³-hybridized carbons (Fsp3) is 0.444. The minimum absolute atomic E-state index is 0.130. The molecule has 128 valence electrons. The molecule has 0 spiro atoms. The summed E-state index contributed by atoms with van der Waals surface area (Å²) in [6.07, 6.45) is 1.99. The van der Waals surface area contributed by atoms with Crippen LogP contribution in [-0.2, 0) is 17.9 Å². The van der Waals surface area contributed by atoms with Gasteiger partial charge in [-0.1, -0.05) is 12.1 Å². The zero-order chi connectivity index (χ0) is 17.1. The van der Waals surface area contributed by atoms with Crippen molar-refractivity contribution in [3.63, 3.8) is 0 Å². The first-order chi connectivity index (χ1) is 11.5. The summed E-state index contributed by atoms with van der Waals surface area (Å²) in [5.74, 6) is 0.0593. The lowest BCUT2D eigenvalue weighted by atomic mass is 10.1. The quantitative estimate of drug-likeness (QED) is 0.847. The molecule has 1 aliphatic carbocycles. The molecule has 6 heteroatoms. The molecule has 0 radical (unpaired) electrons. The van der Waals surface area contributed by atoms with Gasteiger partial charge in [0.2, 0.25) is 5.91 Å². The van der Waals surface area contributed by atoms with Gasteiger partial charge < -0.3 is 10.2 Å². The van der Waals surface area contributed by atoms with Crippen LogP contribution in [0.2, 0.25) is 0 Å². The van der Waals surface area contributed by atoms with Crippen molar-refractivity contribution in [1.29, 1.82) is 0 Å². The Morgan fingerprint density at radius 1 is 1.38 bits per heavy atom. The zero-order valence-corrected chi connectivity index (χ0v) is 14.1. The third kappa shape index (κ3) is 4.00. The molecule has 0 aliphatic heterocycles. The lowest BCUT2D eigenvalue weighted by molar-refractivity contribution is -0.122. The van der Waals surface area contributed by atoms with Crippen LogP contribution in [0.15, 0.2) is 30.3 Å². The first-order valence-electron chi connectivity index (χ1n) is 8.28. The Labute approximate surface area is 141 Å². The molecule has 0 bridgehead atoms. The number of nitrogens with zero attached hydrogens (tertiary/aromatic N) is 3.